The minimum atomic E-state index is -3.56. The Morgan fingerprint density at radius 1 is 1.15 bits per heavy atom. The second-order valence-electron chi connectivity index (χ2n) is 5.67. The van der Waals surface area contributed by atoms with Gasteiger partial charge in [-0.25, -0.2) is 13.4 Å². The first kappa shape index (κ1) is 15.0. The third-order valence-electron chi connectivity index (χ3n) is 2.87. The van der Waals surface area contributed by atoms with E-state index in [2.05, 4.69) is 30.5 Å². The summed E-state index contributed by atoms with van der Waals surface area (Å²) in [6, 6.07) is 6.95. The minimum absolute atomic E-state index is 0.00212. The molecule has 1 heterocycles. The van der Waals surface area contributed by atoms with Gasteiger partial charge in [0.2, 0.25) is 0 Å². The van der Waals surface area contributed by atoms with Crippen LogP contribution in [-0.2, 0) is 15.4 Å². The van der Waals surface area contributed by atoms with Crippen LogP contribution in [0.1, 0.15) is 32.0 Å². The molecule has 108 valence electrons. The molecule has 4 nitrogen and oxygen atoms in total. The van der Waals surface area contributed by atoms with E-state index in [0.717, 1.165) is 11.3 Å². The Hall–Kier alpha value is -1.40. The van der Waals surface area contributed by atoms with E-state index in [0.29, 0.717) is 5.13 Å². The van der Waals surface area contributed by atoms with Crippen molar-refractivity contribution in [1.29, 1.82) is 0 Å². The number of hydrogen-bond donors (Lipinski definition) is 1. The lowest BCUT2D eigenvalue weighted by Gasteiger charge is -2.19. The molecule has 0 radical (unpaired) electrons. The summed E-state index contributed by atoms with van der Waals surface area (Å²) in [5.74, 6) is 0. The summed E-state index contributed by atoms with van der Waals surface area (Å²) in [4.78, 5) is 4.35. The first-order valence-electron chi connectivity index (χ1n) is 6.24. The van der Waals surface area contributed by atoms with Crippen molar-refractivity contribution < 1.29 is 8.42 Å². The second kappa shape index (κ2) is 5.18. The van der Waals surface area contributed by atoms with Crippen molar-refractivity contribution in [2.75, 3.05) is 4.72 Å². The van der Waals surface area contributed by atoms with Crippen molar-refractivity contribution in [3.63, 3.8) is 0 Å². The third-order valence-corrected chi connectivity index (χ3v) is 5.23. The van der Waals surface area contributed by atoms with Crippen molar-refractivity contribution >= 4 is 26.5 Å². The summed E-state index contributed by atoms with van der Waals surface area (Å²) in [5.41, 5.74) is 1.90. The maximum absolute atomic E-state index is 12.2. The van der Waals surface area contributed by atoms with Crippen LogP contribution in [0.25, 0.3) is 0 Å². The molecule has 1 aromatic heterocycles. The molecule has 0 aliphatic heterocycles. The third kappa shape index (κ3) is 3.37. The highest BCUT2D eigenvalue weighted by Crippen LogP contribution is 2.25. The lowest BCUT2D eigenvalue weighted by atomic mass is 9.87. The van der Waals surface area contributed by atoms with Crippen LogP contribution in [0.4, 0.5) is 5.13 Å². The van der Waals surface area contributed by atoms with E-state index in [1.54, 1.807) is 17.5 Å². The average molecular weight is 310 g/mol. The van der Waals surface area contributed by atoms with E-state index in [1.165, 1.54) is 11.3 Å². The number of benzene rings is 1. The Labute approximate surface area is 123 Å². The summed E-state index contributed by atoms with van der Waals surface area (Å²) >= 11 is 1.28. The van der Waals surface area contributed by atoms with Crippen molar-refractivity contribution in [1.82, 2.24) is 4.98 Å². The number of aryl methyl sites for hydroxylation is 1. The average Bonchev–Trinajstić information content (AvgIpc) is 2.73. The van der Waals surface area contributed by atoms with Crippen LogP contribution in [0, 0.1) is 6.92 Å². The molecule has 0 unspecified atom stereocenters. The lowest BCUT2D eigenvalue weighted by Crippen LogP contribution is -2.14. The number of anilines is 1. The highest BCUT2D eigenvalue weighted by atomic mass is 32.2. The number of aromatic nitrogens is 1. The minimum Gasteiger partial charge on any atom is -0.255 e. The maximum Gasteiger partial charge on any atom is 0.263 e. The summed E-state index contributed by atoms with van der Waals surface area (Å²) in [6.45, 7) is 8.10. The molecule has 0 atom stereocenters. The van der Waals surface area contributed by atoms with Gasteiger partial charge in [-0.2, -0.15) is 0 Å². The zero-order valence-corrected chi connectivity index (χ0v) is 13.6. The van der Waals surface area contributed by atoms with E-state index in [4.69, 9.17) is 0 Å². The van der Waals surface area contributed by atoms with Crippen molar-refractivity contribution in [3.8, 4) is 0 Å². The topological polar surface area (TPSA) is 59.1 Å². The standard InChI is InChI=1S/C14H18N2O2S2/c1-10-9-19-13(15-10)16-20(17,18)12-7-5-11(6-8-12)14(2,3)4/h5-9H,1-4H3,(H,15,16). The van der Waals surface area contributed by atoms with Crippen LogP contribution in [0.3, 0.4) is 0 Å². The molecule has 2 rings (SSSR count). The van der Waals surface area contributed by atoms with E-state index < -0.39 is 10.0 Å². The smallest absolute Gasteiger partial charge is 0.255 e. The van der Waals surface area contributed by atoms with Gasteiger partial charge in [-0.3, -0.25) is 4.72 Å². The molecule has 0 amide bonds. The van der Waals surface area contributed by atoms with Gasteiger partial charge in [0.15, 0.2) is 5.13 Å². The molecule has 0 spiro atoms. The van der Waals surface area contributed by atoms with E-state index in [-0.39, 0.29) is 10.3 Å². The number of sulfonamides is 1. The van der Waals surface area contributed by atoms with Gasteiger partial charge >= 0.3 is 0 Å². The number of nitrogens with zero attached hydrogens (tertiary/aromatic N) is 1. The van der Waals surface area contributed by atoms with Gasteiger partial charge in [-0.05, 0) is 30.0 Å². The molecular weight excluding hydrogens is 292 g/mol. The summed E-state index contributed by atoms with van der Waals surface area (Å²) in [5, 5.41) is 2.20. The van der Waals surface area contributed by atoms with E-state index in [1.807, 2.05) is 19.1 Å². The zero-order chi connectivity index (χ0) is 15.0. The quantitative estimate of drug-likeness (QED) is 0.943. The van der Waals surface area contributed by atoms with Gasteiger partial charge < -0.3 is 0 Å². The first-order valence-corrected chi connectivity index (χ1v) is 8.60. The zero-order valence-electron chi connectivity index (χ0n) is 12.0. The highest BCUT2D eigenvalue weighted by molar-refractivity contribution is 7.93. The monoisotopic (exact) mass is 310 g/mol. The van der Waals surface area contributed by atoms with Crippen LogP contribution in [0.5, 0.6) is 0 Å². The summed E-state index contributed by atoms with van der Waals surface area (Å²) in [6.07, 6.45) is 0. The molecule has 1 N–H and O–H groups in total. The van der Waals surface area contributed by atoms with Gasteiger partial charge in [0.25, 0.3) is 10.0 Å². The van der Waals surface area contributed by atoms with E-state index >= 15 is 0 Å². The van der Waals surface area contributed by atoms with Gasteiger partial charge in [-0.15, -0.1) is 11.3 Å². The largest absolute Gasteiger partial charge is 0.263 e. The Kier molecular flexibility index (Phi) is 3.88. The van der Waals surface area contributed by atoms with Crippen LogP contribution in [0.2, 0.25) is 0 Å². The Balaban J connectivity index is 2.26. The Bertz CT molecular complexity index is 696. The molecule has 6 heteroatoms. The molecular formula is C14H18N2O2S2. The van der Waals surface area contributed by atoms with Crippen LogP contribution < -0.4 is 4.72 Å². The molecule has 20 heavy (non-hydrogen) atoms. The fraction of sp³-hybridized carbons (Fsp3) is 0.357. The van der Waals surface area contributed by atoms with Crippen molar-refractivity contribution in [2.45, 2.75) is 38.0 Å². The number of nitrogens with one attached hydrogen (secondary N) is 1. The van der Waals surface area contributed by atoms with Crippen molar-refractivity contribution in [3.05, 3.63) is 40.9 Å². The fourth-order valence-corrected chi connectivity index (χ4v) is 3.65. The van der Waals surface area contributed by atoms with Crippen LogP contribution in [0.15, 0.2) is 34.5 Å². The predicted molar refractivity (Wildman–Crippen MR) is 82.8 cm³/mol. The Morgan fingerprint density at radius 3 is 2.20 bits per heavy atom. The molecule has 0 aliphatic rings. The normalized spacial score (nSPS) is 12.4. The molecule has 0 aliphatic carbocycles. The second-order valence-corrected chi connectivity index (χ2v) is 8.21. The number of rotatable bonds is 3. The number of hydrogen-bond acceptors (Lipinski definition) is 4. The molecule has 0 fully saturated rings. The lowest BCUT2D eigenvalue weighted by molar-refractivity contribution is 0.587. The van der Waals surface area contributed by atoms with Gasteiger partial charge in [-0.1, -0.05) is 32.9 Å². The molecule has 0 saturated carbocycles. The highest BCUT2D eigenvalue weighted by Gasteiger charge is 2.18. The summed E-state index contributed by atoms with van der Waals surface area (Å²) < 4.78 is 26.9. The first-order chi connectivity index (χ1) is 9.18. The maximum atomic E-state index is 12.2. The van der Waals surface area contributed by atoms with Gasteiger partial charge in [0.1, 0.15) is 0 Å². The molecule has 1 aromatic carbocycles. The molecule has 2 aromatic rings. The van der Waals surface area contributed by atoms with Crippen LogP contribution in [-0.4, -0.2) is 13.4 Å². The van der Waals surface area contributed by atoms with Crippen LogP contribution >= 0.6 is 11.3 Å². The Morgan fingerprint density at radius 2 is 1.75 bits per heavy atom. The van der Waals surface area contributed by atoms with E-state index in [9.17, 15) is 8.42 Å². The number of thiazole rings is 1. The van der Waals surface area contributed by atoms with Crippen molar-refractivity contribution in [2.24, 2.45) is 0 Å². The SMILES string of the molecule is Cc1csc(NS(=O)(=O)c2ccc(C(C)(C)C)cc2)n1. The fourth-order valence-electron chi connectivity index (χ4n) is 1.71. The van der Waals surface area contributed by atoms with Gasteiger partial charge in [0, 0.05) is 5.38 Å². The molecule has 0 saturated heterocycles. The predicted octanol–water partition coefficient (Wildman–Crippen LogP) is 3.55. The summed E-state index contributed by atoms with van der Waals surface area (Å²) in [7, 11) is -3.56. The molecule has 0 bridgehead atoms. The van der Waals surface area contributed by atoms with Gasteiger partial charge in [0.05, 0.1) is 10.6 Å².